The van der Waals surface area contributed by atoms with Crippen LogP contribution in [0.1, 0.15) is 46.0 Å². The molecule has 1 aromatic carbocycles. The van der Waals surface area contributed by atoms with E-state index in [4.69, 9.17) is 4.74 Å². The van der Waals surface area contributed by atoms with Crippen molar-refractivity contribution >= 4 is 0 Å². The monoisotopic (exact) mass is 212 g/mol. The van der Waals surface area contributed by atoms with Crippen LogP contribution >= 0.6 is 0 Å². The number of benzene rings is 1. The molecule has 1 nitrogen and oxygen atoms in total. The molecule has 1 atom stereocenters. The second-order valence-corrected chi connectivity index (χ2v) is 4.01. The van der Waals surface area contributed by atoms with Crippen molar-refractivity contribution in [2.24, 2.45) is 0 Å². The second-order valence-electron chi connectivity index (χ2n) is 4.01. The van der Waals surface area contributed by atoms with Crippen LogP contribution in [0.5, 0.6) is 5.75 Å². The van der Waals surface area contributed by atoms with Crippen molar-refractivity contribution in [1.29, 1.82) is 0 Å². The fourth-order valence-electron chi connectivity index (χ4n) is 1.60. The van der Waals surface area contributed by atoms with Crippen LogP contribution in [0.25, 0.3) is 0 Å². The molecule has 0 aliphatic carbocycles. The Morgan fingerprint density at radius 2 is 1.88 bits per heavy atom. The molecule has 16 heavy (non-hydrogen) atoms. The molecular weight excluding hydrogens is 191 g/mol. The number of unbranched alkanes of at least 4 members (excludes halogenated alkanes) is 3. The van der Waals surface area contributed by atoms with Crippen molar-refractivity contribution in [3.8, 4) is 5.75 Å². The average Bonchev–Trinajstić information content (AvgIpc) is 2.26. The largest absolute Gasteiger partial charge is 1.00 e. The molecule has 1 aromatic rings. The van der Waals surface area contributed by atoms with Gasteiger partial charge in [-0.25, -0.2) is 0 Å². The summed E-state index contributed by atoms with van der Waals surface area (Å²) in [5, 5.41) is 0. The van der Waals surface area contributed by atoms with Crippen LogP contribution in [-0.2, 0) is 0 Å². The molecule has 0 saturated heterocycles. The predicted molar refractivity (Wildman–Crippen MR) is 64.1 cm³/mol. The first-order valence-corrected chi connectivity index (χ1v) is 5.95. The Morgan fingerprint density at radius 3 is 2.50 bits per heavy atom. The molecule has 84 valence electrons. The number of rotatable bonds is 7. The molecule has 0 saturated carbocycles. The molecule has 0 amide bonds. The van der Waals surface area contributed by atoms with Crippen LogP contribution < -0.4 is 23.6 Å². The van der Waals surface area contributed by atoms with Gasteiger partial charge in [-0.05, 0) is 19.8 Å². The van der Waals surface area contributed by atoms with Gasteiger partial charge in [0.1, 0.15) is 0 Å². The second kappa shape index (κ2) is 9.82. The molecule has 0 unspecified atom stereocenters. The van der Waals surface area contributed by atoms with Gasteiger partial charge in [0.25, 0.3) is 0 Å². The Hall–Kier alpha value is -0.383. The van der Waals surface area contributed by atoms with Crippen molar-refractivity contribution in [3.63, 3.8) is 0 Å². The number of hydrogen-bond acceptors (Lipinski definition) is 1. The standard InChI is InChI=1S/C14H21O.Li/c1-3-4-5-7-10-13(2)15-14-11-8-6-9-12-14;/h8-9,11-13H,3-5,7,10H2,1-2H3;/q-1;+1/t13-;/m1./s1. The molecule has 0 radical (unpaired) electrons. The van der Waals surface area contributed by atoms with E-state index in [9.17, 15) is 0 Å². The SMILES string of the molecule is CCCCCC[C@@H](C)Oc1cc[c-]cc1.[Li+]. The van der Waals surface area contributed by atoms with E-state index in [1.54, 1.807) is 0 Å². The summed E-state index contributed by atoms with van der Waals surface area (Å²) in [7, 11) is 0. The summed E-state index contributed by atoms with van der Waals surface area (Å²) >= 11 is 0. The third kappa shape index (κ3) is 6.98. The first kappa shape index (κ1) is 15.6. The molecule has 2 heteroatoms. The van der Waals surface area contributed by atoms with E-state index in [2.05, 4.69) is 19.9 Å². The Labute approximate surface area is 112 Å². The van der Waals surface area contributed by atoms with E-state index in [0.717, 1.165) is 12.2 Å². The third-order valence-corrected chi connectivity index (χ3v) is 2.49. The van der Waals surface area contributed by atoms with Gasteiger partial charge in [-0.1, -0.05) is 26.2 Å². The van der Waals surface area contributed by atoms with E-state index in [-0.39, 0.29) is 18.9 Å². The van der Waals surface area contributed by atoms with Gasteiger partial charge in [0.15, 0.2) is 0 Å². The first-order valence-electron chi connectivity index (χ1n) is 5.95. The molecule has 0 aliphatic heterocycles. The van der Waals surface area contributed by atoms with Gasteiger partial charge in [0.2, 0.25) is 0 Å². The fourth-order valence-corrected chi connectivity index (χ4v) is 1.60. The first-order chi connectivity index (χ1) is 7.33. The number of ether oxygens (including phenoxy) is 1. The quantitative estimate of drug-likeness (QED) is 0.375. The van der Waals surface area contributed by atoms with Crippen LogP contribution in [0.4, 0.5) is 0 Å². The van der Waals surface area contributed by atoms with Crippen molar-refractivity contribution in [2.75, 3.05) is 0 Å². The summed E-state index contributed by atoms with van der Waals surface area (Å²) < 4.78 is 5.77. The minimum atomic E-state index is 0. The van der Waals surface area contributed by atoms with Gasteiger partial charge in [0.05, 0.1) is 6.10 Å². The maximum absolute atomic E-state index is 5.77. The van der Waals surface area contributed by atoms with E-state index in [0.29, 0.717) is 6.10 Å². The van der Waals surface area contributed by atoms with Crippen LogP contribution in [0, 0.1) is 6.07 Å². The molecule has 1 rings (SSSR count). The van der Waals surface area contributed by atoms with Crippen LogP contribution in [0.2, 0.25) is 0 Å². The van der Waals surface area contributed by atoms with Gasteiger partial charge in [-0.2, -0.15) is 18.2 Å². The Morgan fingerprint density at radius 1 is 1.19 bits per heavy atom. The van der Waals surface area contributed by atoms with Crippen LogP contribution in [0.15, 0.2) is 24.3 Å². The Balaban J connectivity index is 0.00000225. The maximum Gasteiger partial charge on any atom is 1.00 e. The fraction of sp³-hybridized carbons (Fsp3) is 0.571. The van der Waals surface area contributed by atoms with Gasteiger partial charge >= 0.3 is 18.9 Å². The molecule has 0 aromatic heterocycles. The molecule has 0 aliphatic rings. The zero-order chi connectivity index (χ0) is 10.9. The smallest absolute Gasteiger partial charge is 0.516 e. The predicted octanol–water partition coefficient (Wildman–Crippen LogP) is 1.23. The summed E-state index contributed by atoms with van der Waals surface area (Å²) in [5.74, 6) is 0.955. The van der Waals surface area contributed by atoms with Crippen LogP contribution in [0.3, 0.4) is 0 Å². The minimum absolute atomic E-state index is 0. The average molecular weight is 212 g/mol. The Bertz CT molecular complexity index is 248. The van der Waals surface area contributed by atoms with Crippen molar-refractivity contribution < 1.29 is 23.6 Å². The molecule has 0 heterocycles. The summed E-state index contributed by atoms with van der Waals surface area (Å²) in [6.07, 6.45) is 6.71. The molecular formula is C14H21LiO. The van der Waals surface area contributed by atoms with Crippen molar-refractivity contribution in [1.82, 2.24) is 0 Å². The Kier molecular flexibility index (Phi) is 9.58. The summed E-state index contributed by atoms with van der Waals surface area (Å²) in [6.45, 7) is 4.38. The molecule has 0 fully saturated rings. The normalized spacial score (nSPS) is 11.6. The van der Waals surface area contributed by atoms with E-state index >= 15 is 0 Å². The topological polar surface area (TPSA) is 9.23 Å². The van der Waals surface area contributed by atoms with E-state index < -0.39 is 0 Å². The molecule has 0 spiro atoms. The van der Waals surface area contributed by atoms with Gasteiger partial charge < -0.3 is 4.74 Å². The number of hydrogen-bond donors (Lipinski definition) is 0. The third-order valence-electron chi connectivity index (χ3n) is 2.49. The molecule has 0 N–H and O–H groups in total. The molecule has 0 bridgehead atoms. The maximum atomic E-state index is 5.77. The van der Waals surface area contributed by atoms with Gasteiger partial charge in [-0.3, -0.25) is 0 Å². The van der Waals surface area contributed by atoms with E-state index in [1.807, 2.05) is 24.3 Å². The zero-order valence-electron chi connectivity index (χ0n) is 10.8. The van der Waals surface area contributed by atoms with Crippen molar-refractivity contribution in [2.45, 2.75) is 52.1 Å². The summed E-state index contributed by atoms with van der Waals surface area (Å²) in [5.41, 5.74) is 0. The minimum Gasteiger partial charge on any atom is -0.516 e. The van der Waals surface area contributed by atoms with Crippen LogP contribution in [-0.4, -0.2) is 6.10 Å². The summed E-state index contributed by atoms with van der Waals surface area (Å²) in [6, 6.07) is 10.7. The van der Waals surface area contributed by atoms with Crippen molar-refractivity contribution in [3.05, 3.63) is 30.3 Å². The van der Waals surface area contributed by atoms with Gasteiger partial charge in [-0.15, -0.1) is 12.1 Å². The van der Waals surface area contributed by atoms with Gasteiger partial charge in [0, 0.05) is 5.75 Å². The summed E-state index contributed by atoms with van der Waals surface area (Å²) in [4.78, 5) is 0. The van der Waals surface area contributed by atoms with E-state index in [1.165, 1.54) is 25.7 Å². The zero-order valence-corrected chi connectivity index (χ0v) is 10.8.